The molecular weight excluding hydrogens is 328 g/mol. The minimum absolute atomic E-state index is 0.118. The Bertz CT molecular complexity index is 789. The molecule has 1 fully saturated rings. The molecule has 1 aliphatic heterocycles. The zero-order valence-electron chi connectivity index (χ0n) is 13.0. The van der Waals surface area contributed by atoms with Gasteiger partial charge >= 0.3 is 0 Å². The van der Waals surface area contributed by atoms with Gasteiger partial charge in [0.1, 0.15) is 10.7 Å². The van der Waals surface area contributed by atoms with Crippen LogP contribution in [0.5, 0.6) is 0 Å². The molecule has 7 nitrogen and oxygen atoms in total. The van der Waals surface area contributed by atoms with Gasteiger partial charge in [-0.2, -0.15) is 4.31 Å². The SMILES string of the molecule is O=C(Nc1ccccn1)C1CCN(S(=O)(=O)c2cccnc2)CC1. The minimum Gasteiger partial charge on any atom is -0.310 e. The van der Waals surface area contributed by atoms with E-state index in [1.54, 1.807) is 30.5 Å². The summed E-state index contributed by atoms with van der Waals surface area (Å²) in [4.78, 5) is 20.4. The van der Waals surface area contributed by atoms with E-state index in [0.717, 1.165) is 0 Å². The molecule has 1 amide bonds. The number of hydrogen-bond donors (Lipinski definition) is 1. The van der Waals surface area contributed by atoms with Gasteiger partial charge in [-0.1, -0.05) is 6.07 Å². The van der Waals surface area contributed by atoms with Crippen molar-refractivity contribution in [2.75, 3.05) is 18.4 Å². The quantitative estimate of drug-likeness (QED) is 0.906. The Kier molecular flexibility index (Phi) is 4.86. The number of anilines is 1. The van der Waals surface area contributed by atoms with Crippen LogP contribution in [0.15, 0.2) is 53.8 Å². The maximum absolute atomic E-state index is 12.5. The number of rotatable bonds is 4. The molecule has 8 heteroatoms. The fourth-order valence-electron chi connectivity index (χ4n) is 2.67. The fourth-order valence-corrected chi connectivity index (χ4v) is 4.11. The number of piperidine rings is 1. The second kappa shape index (κ2) is 7.06. The highest BCUT2D eigenvalue weighted by Gasteiger charge is 2.32. The lowest BCUT2D eigenvalue weighted by molar-refractivity contribution is -0.120. The Morgan fingerprint density at radius 1 is 1.12 bits per heavy atom. The molecule has 2 aromatic heterocycles. The number of sulfonamides is 1. The molecule has 3 heterocycles. The number of nitrogens with zero attached hydrogens (tertiary/aromatic N) is 3. The van der Waals surface area contributed by atoms with Crippen molar-refractivity contribution in [2.24, 2.45) is 5.92 Å². The van der Waals surface area contributed by atoms with Crippen LogP contribution in [0.25, 0.3) is 0 Å². The number of aromatic nitrogens is 2. The Morgan fingerprint density at radius 2 is 1.92 bits per heavy atom. The summed E-state index contributed by atoms with van der Waals surface area (Å²) >= 11 is 0. The fraction of sp³-hybridized carbons (Fsp3) is 0.312. The van der Waals surface area contributed by atoms with E-state index in [1.807, 2.05) is 0 Å². The van der Waals surface area contributed by atoms with Crippen molar-refractivity contribution >= 4 is 21.7 Å². The summed E-state index contributed by atoms with van der Waals surface area (Å²) in [6.45, 7) is 0.634. The normalized spacial score (nSPS) is 16.7. The van der Waals surface area contributed by atoms with Gasteiger partial charge in [0.15, 0.2) is 0 Å². The minimum atomic E-state index is -3.54. The first-order valence-electron chi connectivity index (χ1n) is 7.69. The van der Waals surface area contributed by atoms with Gasteiger partial charge in [-0.05, 0) is 37.1 Å². The van der Waals surface area contributed by atoms with Gasteiger partial charge in [-0.3, -0.25) is 9.78 Å². The molecular formula is C16H18N4O3S. The highest BCUT2D eigenvalue weighted by atomic mass is 32.2. The van der Waals surface area contributed by atoms with Crippen molar-refractivity contribution in [3.63, 3.8) is 0 Å². The smallest absolute Gasteiger partial charge is 0.244 e. The summed E-state index contributed by atoms with van der Waals surface area (Å²) in [5.74, 6) is 0.174. The molecule has 0 aromatic carbocycles. The molecule has 0 bridgehead atoms. The Labute approximate surface area is 140 Å². The third-order valence-corrected chi connectivity index (χ3v) is 5.90. The van der Waals surface area contributed by atoms with Crippen molar-refractivity contribution in [3.8, 4) is 0 Å². The predicted octanol–water partition coefficient (Wildman–Crippen LogP) is 1.52. The van der Waals surface area contributed by atoms with E-state index < -0.39 is 10.0 Å². The monoisotopic (exact) mass is 346 g/mol. The molecule has 126 valence electrons. The highest BCUT2D eigenvalue weighted by Crippen LogP contribution is 2.24. The average Bonchev–Trinajstić information content (AvgIpc) is 2.63. The van der Waals surface area contributed by atoms with Crippen molar-refractivity contribution < 1.29 is 13.2 Å². The lowest BCUT2D eigenvalue weighted by atomic mass is 9.97. The molecule has 0 spiro atoms. The van der Waals surface area contributed by atoms with Crippen LogP contribution in [-0.4, -0.2) is 41.7 Å². The number of carbonyl (C=O) groups excluding carboxylic acids is 1. The molecule has 3 rings (SSSR count). The molecule has 0 saturated carbocycles. The largest absolute Gasteiger partial charge is 0.310 e. The summed E-state index contributed by atoms with van der Waals surface area (Å²) in [6.07, 6.45) is 5.46. The number of hydrogen-bond acceptors (Lipinski definition) is 5. The summed E-state index contributed by atoms with van der Waals surface area (Å²) in [5, 5.41) is 2.77. The zero-order chi connectivity index (χ0) is 17.0. The van der Waals surface area contributed by atoms with E-state index in [2.05, 4.69) is 15.3 Å². The molecule has 0 unspecified atom stereocenters. The standard InChI is InChI=1S/C16H18N4O3S/c21-16(19-15-5-1-2-9-18-15)13-6-10-20(11-7-13)24(22,23)14-4-3-8-17-12-14/h1-5,8-9,12-13H,6-7,10-11H2,(H,18,19,21). The van der Waals surface area contributed by atoms with Gasteiger partial charge in [-0.15, -0.1) is 0 Å². The van der Waals surface area contributed by atoms with Gasteiger partial charge in [0.2, 0.25) is 15.9 Å². The molecule has 2 aromatic rings. The second-order valence-corrected chi connectivity index (χ2v) is 7.51. The molecule has 1 N–H and O–H groups in total. The summed E-state index contributed by atoms with van der Waals surface area (Å²) in [7, 11) is -3.54. The number of nitrogens with one attached hydrogen (secondary N) is 1. The van der Waals surface area contributed by atoms with Crippen molar-refractivity contribution in [3.05, 3.63) is 48.9 Å². The van der Waals surface area contributed by atoms with Crippen LogP contribution >= 0.6 is 0 Å². The Morgan fingerprint density at radius 3 is 2.54 bits per heavy atom. The van der Waals surface area contributed by atoms with Crippen LogP contribution in [-0.2, 0) is 14.8 Å². The van der Waals surface area contributed by atoms with Gasteiger partial charge < -0.3 is 5.32 Å². The van der Waals surface area contributed by atoms with Crippen molar-refractivity contribution in [1.82, 2.24) is 14.3 Å². The lowest BCUT2D eigenvalue weighted by Gasteiger charge is -2.30. The van der Waals surface area contributed by atoms with E-state index >= 15 is 0 Å². The molecule has 1 saturated heterocycles. The van der Waals surface area contributed by atoms with E-state index in [9.17, 15) is 13.2 Å². The number of pyridine rings is 2. The van der Waals surface area contributed by atoms with Crippen LogP contribution < -0.4 is 5.32 Å². The van der Waals surface area contributed by atoms with E-state index in [1.165, 1.54) is 22.8 Å². The average molecular weight is 346 g/mol. The van der Waals surface area contributed by atoms with Crippen LogP contribution in [0.3, 0.4) is 0 Å². The Hall–Kier alpha value is -2.32. The summed E-state index contributed by atoms with van der Waals surface area (Å²) in [5.41, 5.74) is 0. The van der Waals surface area contributed by atoms with Gasteiger partial charge in [0.25, 0.3) is 0 Å². The zero-order valence-corrected chi connectivity index (χ0v) is 13.8. The first kappa shape index (κ1) is 16.5. The molecule has 0 atom stereocenters. The number of carbonyl (C=O) groups is 1. The van der Waals surface area contributed by atoms with Crippen LogP contribution in [0.2, 0.25) is 0 Å². The van der Waals surface area contributed by atoms with Crippen molar-refractivity contribution in [1.29, 1.82) is 0 Å². The molecule has 1 aliphatic rings. The summed E-state index contributed by atoms with van der Waals surface area (Å²) in [6, 6.07) is 8.42. The lowest BCUT2D eigenvalue weighted by Crippen LogP contribution is -2.41. The maximum atomic E-state index is 12.5. The van der Waals surface area contributed by atoms with Gasteiger partial charge in [-0.25, -0.2) is 13.4 Å². The third-order valence-electron chi connectivity index (χ3n) is 4.01. The topological polar surface area (TPSA) is 92.3 Å². The van der Waals surface area contributed by atoms with Crippen molar-refractivity contribution in [2.45, 2.75) is 17.7 Å². The van der Waals surface area contributed by atoms with E-state index in [0.29, 0.717) is 31.7 Å². The van der Waals surface area contributed by atoms with E-state index in [-0.39, 0.29) is 16.7 Å². The third kappa shape index (κ3) is 3.60. The highest BCUT2D eigenvalue weighted by molar-refractivity contribution is 7.89. The second-order valence-electron chi connectivity index (χ2n) is 5.57. The molecule has 0 radical (unpaired) electrons. The van der Waals surface area contributed by atoms with Gasteiger partial charge in [0, 0.05) is 37.6 Å². The first-order chi connectivity index (χ1) is 11.6. The predicted molar refractivity (Wildman–Crippen MR) is 88.6 cm³/mol. The van der Waals surface area contributed by atoms with Crippen LogP contribution in [0.4, 0.5) is 5.82 Å². The van der Waals surface area contributed by atoms with E-state index in [4.69, 9.17) is 0 Å². The van der Waals surface area contributed by atoms with Crippen LogP contribution in [0.1, 0.15) is 12.8 Å². The summed E-state index contributed by atoms with van der Waals surface area (Å²) < 4.78 is 26.5. The van der Waals surface area contributed by atoms with Gasteiger partial charge in [0.05, 0.1) is 0 Å². The van der Waals surface area contributed by atoms with Crippen LogP contribution in [0, 0.1) is 5.92 Å². The molecule has 24 heavy (non-hydrogen) atoms. The first-order valence-corrected chi connectivity index (χ1v) is 9.13. The maximum Gasteiger partial charge on any atom is 0.244 e. The number of amides is 1. The molecule has 0 aliphatic carbocycles. The Balaban J connectivity index is 1.61.